The number of carbonyl (C=O) groups excluding carboxylic acids is 3. The molecule has 4 atom stereocenters. The molecule has 4 N–H and O–H groups in total. The number of amides is 3. The minimum atomic E-state index is -1.32. The van der Waals surface area contributed by atoms with Crippen LogP contribution in [0, 0.1) is 5.92 Å². The number of hydrogen-bond acceptors (Lipinski definition) is 6. The van der Waals surface area contributed by atoms with Gasteiger partial charge in [-0.05, 0) is 73.7 Å². The van der Waals surface area contributed by atoms with Crippen molar-refractivity contribution in [1.82, 2.24) is 10.2 Å². The first-order valence-corrected chi connectivity index (χ1v) is 13.0. The molecule has 0 aromatic heterocycles. The molecule has 0 heterocycles. The molecular weight excluding hydrogens is 498 g/mol. The first-order chi connectivity index (χ1) is 18.5. The molecule has 3 aromatic rings. The lowest BCUT2D eigenvalue weighted by Gasteiger charge is -2.34. The lowest BCUT2D eigenvalue weighted by Crippen LogP contribution is -2.54. The van der Waals surface area contributed by atoms with Gasteiger partial charge in [-0.3, -0.25) is 9.59 Å². The van der Waals surface area contributed by atoms with Crippen LogP contribution in [0.2, 0.25) is 0 Å². The monoisotopic (exact) mass is 533 g/mol. The van der Waals surface area contributed by atoms with Crippen molar-refractivity contribution in [2.75, 3.05) is 11.9 Å². The Labute approximate surface area is 227 Å². The van der Waals surface area contributed by atoms with Gasteiger partial charge in [0.25, 0.3) is 5.91 Å². The molecule has 0 aliphatic heterocycles. The van der Waals surface area contributed by atoms with Crippen LogP contribution in [-0.2, 0) is 14.3 Å². The van der Waals surface area contributed by atoms with Crippen LogP contribution < -0.4 is 10.6 Å². The van der Waals surface area contributed by atoms with Crippen LogP contribution >= 0.6 is 0 Å². The van der Waals surface area contributed by atoms with E-state index >= 15 is 0 Å². The average molecular weight is 534 g/mol. The fourth-order valence-electron chi connectivity index (χ4n) is 4.56. The average Bonchev–Trinajstić information content (AvgIpc) is 3.60. The van der Waals surface area contributed by atoms with E-state index in [-0.39, 0.29) is 17.7 Å². The topological polar surface area (TPSA) is 128 Å². The van der Waals surface area contributed by atoms with Gasteiger partial charge >= 0.3 is 6.09 Å². The lowest BCUT2D eigenvalue weighted by atomic mass is 10.0. The van der Waals surface area contributed by atoms with E-state index < -0.39 is 42.2 Å². The molecule has 9 nitrogen and oxygen atoms in total. The molecule has 4 unspecified atom stereocenters. The van der Waals surface area contributed by atoms with Crippen LogP contribution in [0.1, 0.15) is 45.7 Å². The van der Waals surface area contributed by atoms with Crippen LogP contribution in [-0.4, -0.2) is 57.3 Å². The summed E-state index contributed by atoms with van der Waals surface area (Å²) < 4.78 is 5.28. The number of fused-ring (bicyclic) bond motifs is 1. The molecule has 3 aromatic carbocycles. The minimum absolute atomic E-state index is 0.0185. The number of aliphatic hydroxyl groups is 1. The lowest BCUT2D eigenvalue weighted by molar-refractivity contribution is -0.142. The summed E-state index contributed by atoms with van der Waals surface area (Å²) in [6, 6.07) is 16.7. The SMILES string of the molecule is CC1CC1N(C(=O)C(CO)NC(=O)OC(C)(C)C)C(C(=O)Nc1ccc2ccccc2c1)c1ccc(O)cc1. The zero-order valence-electron chi connectivity index (χ0n) is 22.5. The Kier molecular flexibility index (Phi) is 8.11. The Morgan fingerprint density at radius 3 is 2.26 bits per heavy atom. The number of aliphatic hydroxyl groups excluding tert-OH is 1. The molecule has 0 radical (unpaired) electrons. The second kappa shape index (κ2) is 11.3. The summed E-state index contributed by atoms with van der Waals surface area (Å²) >= 11 is 0. The predicted molar refractivity (Wildman–Crippen MR) is 148 cm³/mol. The predicted octanol–water partition coefficient (Wildman–Crippen LogP) is 4.35. The van der Waals surface area contributed by atoms with Crippen molar-refractivity contribution in [3.8, 4) is 5.75 Å². The van der Waals surface area contributed by atoms with Crippen molar-refractivity contribution in [2.45, 2.75) is 57.8 Å². The number of nitrogens with zero attached hydrogens (tertiary/aromatic N) is 1. The second-order valence-corrected chi connectivity index (χ2v) is 11.0. The van der Waals surface area contributed by atoms with E-state index in [9.17, 15) is 24.6 Å². The van der Waals surface area contributed by atoms with Gasteiger partial charge in [-0.1, -0.05) is 49.4 Å². The van der Waals surface area contributed by atoms with Crippen molar-refractivity contribution >= 4 is 34.4 Å². The molecule has 0 bridgehead atoms. The molecule has 0 spiro atoms. The van der Waals surface area contributed by atoms with Gasteiger partial charge in [0.15, 0.2) is 0 Å². The van der Waals surface area contributed by atoms with Gasteiger partial charge in [0.05, 0.1) is 6.61 Å². The number of benzene rings is 3. The van der Waals surface area contributed by atoms with E-state index in [0.717, 1.165) is 10.8 Å². The highest BCUT2D eigenvalue weighted by atomic mass is 16.6. The van der Waals surface area contributed by atoms with Crippen molar-refractivity contribution in [2.24, 2.45) is 5.92 Å². The number of ether oxygens (including phenoxy) is 1. The maximum Gasteiger partial charge on any atom is 0.408 e. The highest BCUT2D eigenvalue weighted by Crippen LogP contribution is 2.41. The third kappa shape index (κ3) is 6.86. The number of nitrogens with one attached hydrogen (secondary N) is 2. The van der Waals surface area contributed by atoms with Crippen LogP contribution in [0.15, 0.2) is 66.7 Å². The Hall–Kier alpha value is -4.11. The Bertz CT molecular complexity index is 1350. The second-order valence-electron chi connectivity index (χ2n) is 11.0. The summed E-state index contributed by atoms with van der Waals surface area (Å²) in [5, 5.41) is 27.3. The number of carbonyl (C=O) groups is 3. The zero-order valence-corrected chi connectivity index (χ0v) is 22.5. The van der Waals surface area contributed by atoms with Crippen LogP contribution in [0.5, 0.6) is 5.75 Å². The third-order valence-corrected chi connectivity index (χ3v) is 6.60. The van der Waals surface area contributed by atoms with Gasteiger partial charge < -0.3 is 30.5 Å². The van der Waals surface area contributed by atoms with E-state index in [1.807, 2.05) is 43.3 Å². The number of alkyl carbamates (subject to hydrolysis) is 1. The summed E-state index contributed by atoms with van der Waals surface area (Å²) in [5.74, 6) is -0.936. The van der Waals surface area contributed by atoms with Crippen LogP contribution in [0.25, 0.3) is 10.8 Å². The van der Waals surface area contributed by atoms with E-state index in [2.05, 4.69) is 10.6 Å². The Morgan fingerprint density at radius 1 is 1.03 bits per heavy atom. The van der Waals surface area contributed by atoms with Gasteiger partial charge in [-0.2, -0.15) is 0 Å². The summed E-state index contributed by atoms with van der Waals surface area (Å²) in [5.41, 5.74) is 0.239. The van der Waals surface area contributed by atoms with Gasteiger partial charge in [0, 0.05) is 11.7 Å². The zero-order chi connectivity index (χ0) is 28.3. The Balaban J connectivity index is 1.68. The van der Waals surface area contributed by atoms with Crippen molar-refractivity contribution in [3.63, 3.8) is 0 Å². The minimum Gasteiger partial charge on any atom is -0.508 e. The molecule has 0 saturated heterocycles. The van der Waals surface area contributed by atoms with Crippen molar-refractivity contribution in [1.29, 1.82) is 0 Å². The van der Waals surface area contributed by atoms with Gasteiger partial charge in [-0.15, -0.1) is 0 Å². The molecule has 4 rings (SSSR count). The van der Waals surface area contributed by atoms with E-state index in [1.165, 1.54) is 17.0 Å². The maximum atomic E-state index is 13.9. The van der Waals surface area contributed by atoms with Crippen molar-refractivity contribution in [3.05, 3.63) is 72.3 Å². The third-order valence-electron chi connectivity index (χ3n) is 6.60. The molecule has 9 heteroatoms. The number of hydrogen-bond donors (Lipinski definition) is 4. The van der Waals surface area contributed by atoms with E-state index in [4.69, 9.17) is 4.74 Å². The molecule has 1 saturated carbocycles. The Morgan fingerprint density at radius 2 is 1.67 bits per heavy atom. The number of rotatable bonds is 8. The smallest absolute Gasteiger partial charge is 0.408 e. The first-order valence-electron chi connectivity index (χ1n) is 13.0. The quantitative estimate of drug-likeness (QED) is 0.341. The van der Waals surface area contributed by atoms with Crippen LogP contribution in [0.4, 0.5) is 10.5 Å². The summed E-state index contributed by atoms with van der Waals surface area (Å²) in [6.07, 6.45) is -0.186. The normalized spacial score (nSPS) is 18.1. The summed E-state index contributed by atoms with van der Waals surface area (Å²) in [4.78, 5) is 41.7. The molecule has 1 aliphatic carbocycles. The molecule has 3 amide bonds. The van der Waals surface area contributed by atoms with Gasteiger partial charge in [0.1, 0.15) is 23.4 Å². The fourth-order valence-corrected chi connectivity index (χ4v) is 4.56. The molecular formula is C30H35N3O6. The molecule has 206 valence electrons. The fraction of sp³-hybridized carbons (Fsp3) is 0.367. The maximum absolute atomic E-state index is 13.9. The molecule has 1 fully saturated rings. The summed E-state index contributed by atoms with van der Waals surface area (Å²) in [6.45, 7) is 6.37. The molecule has 1 aliphatic rings. The van der Waals surface area contributed by atoms with Gasteiger partial charge in [-0.25, -0.2) is 4.79 Å². The number of anilines is 1. The van der Waals surface area contributed by atoms with E-state index in [1.54, 1.807) is 39.0 Å². The first kappa shape index (κ1) is 27.9. The largest absolute Gasteiger partial charge is 0.508 e. The number of phenolic OH excluding ortho intramolecular Hbond substituents is 1. The van der Waals surface area contributed by atoms with Gasteiger partial charge in [0.2, 0.25) is 5.91 Å². The van der Waals surface area contributed by atoms with Crippen molar-refractivity contribution < 1.29 is 29.3 Å². The molecule has 39 heavy (non-hydrogen) atoms. The van der Waals surface area contributed by atoms with E-state index in [0.29, 0.717) is 17.7 Å². The highest BCUT2D eigenvalue weighted by molar-refractivity contribution is 6.00. The standard InChI is InChI=1S/C30H35N3O6/c1-18-15-25(18)33(28(37)24(17-34)32-29(38)39-30(2,3)4)26(20-10-13-23(35)14-11-20)27(36)31-22-12-9-19-7-5-6-8-21(19)16-22/h5-14,16,18,24-26,34-35H,15,17H2,1-4H3,(H,31,36)(H,32,38). The summed E-state index contributed by atoms with van der Waals surface area (Å²) in [7, 11) is 0. The highest BCUT2D eigenvalue weighted by Gasteiger charge is 2.48. The number of aromatic hydroxyl groups is 1. The van der Waals surface area contributed by atoms with Crippen LogP contribution in [0.3, 0.4) is 0 Å². The number of phenols is 1.